The van der Waals surface area contributed by atoms with Crippen LogP contribution in [0.4, 0.5) is 0 Å². The summed E-state index contributed by atoms with van der Waals surface area (Å²) in [7, 11) is 0. The number of aromatic nitrogens is 2. The van der Waals surface area contributed by atoms with Gasteiger partial charge in [-0.15, -0.1) is 4.68 Å². The molecule has 2 aromatic rings. The second kappa shape index (κ2) is 7.65. The first-order valence-electron chi connectivity index (χ1n) is 7.78. The van der Waals surface area contributed by atoms with E-state index in [0.29, 0.717) is 19.0 Å². The molecule has 22 heavy (non-hydrogen) atoms. The predicted molar refractivity (Wildman–Crippen MR) is 82.1 cm³/mol. The molecule has 1 aliphatic carbocycles. The first-order chi connectivity index (χ1) is 10.1. The third-order valence-electron chi connectivity index (χ3n) is 4.60. The zero-order valence-corrected chi connectivity index (χ0v) is 16.3. The average molecular weight is 372 g/mol. The van der Waals surface area contributed by atoms with E-state index in [0.717, 1.165) is 0 Å². The zero-order chi connectivity index (χ0) is 14.8. The van der Waals surface area contributed by atoms with Crippen molar-refractivity contribution in [2.75, 3.05) is 0 Å². The van der Waals surface area contributed by atoms with Crippen molar-refractivity contribution in [2.45, 2.75) is 52.1 Å². The monoisotopic (exact) mass is 372 g/mol. The molecule has 3 rings (SSSR count). The van der Waals surface area contributed by atoms with Crippen molar-refractivity contribution in [3.63, 3.8) is 0 Å². The van der Waals surface area contributed by atoms with Crippen molar-refractivity contribution in [3.8, 4) is 0 Å². The molecule has 0 spiro atoms. The summed E-state index contributed by atoms with van der Waals surface area (Å²) in [6, 6.07) is 8.84. The van der Waals surface area contributed by atoms with Crippen molar-refractivity contribution in [1.29, 1.82) is 0 Å². The maximum absolute atomic E-state index is 12.4. The van der Waals surface area contributed by atoms with Crippen LogP contribution < -0.4 is 4.68 Å². The first-order valence-corrected chi connectivity index (χ1v) is 7.78. The van der Waals surface area contributed by atoms with Crippen LogP contribution in [-0.4, -0.2) is 10.5 Å². The molecule has 1 heterocycles. The van der Waals surface area contributed by atoms with Gasteiger partial charge in [0.25, 0.3) is 0 Å². The number of carbonyl (C=O) groups is 1. The maximum Gasteiger partial charge on any atom is 0.230 e. The van der Waals surface area contributed by atoms with Gasteiger partial charge in [-0.25, -0.2) is 0 Å². The first kappa shape index (κ1) is 17.6. The molecule has 0 amide bonds. The Balaban J connectivity index is 0.00000176. The summed E-state index contributed by atoms with van der Waals surface area (Å²) in [4.78, 5) is 12.4. The fourth-order valence-corrected chi connectivity index (χ4v) is 3.07. The number of Topliss-reactive ketones (excluding diaryl/α,β-unsaturated/α-hetero) is 1. The van der Waals surface area contributed by atoms with Crippen LogP contribution in [0.15, 0.2) is 36.7 Å². The van der Waals surface area contributed by atoms with Crippen LogP contribution in [0, 0.1) is 13.8 Å². The molecule has 1 radical (unpaired) electrons. The standard InChI is InChI=1S/C18H23N2O.Y/c1-14-6-3-7-15(2)18(14)12-17(21)13-19-10-5-11-20(19)16-8-4-9-16;/h3,5-7,10-11,16H,4,8-9,12-13H2,1-2H3;/q+1;. The number of benzene rings is 1. The number of nitrogens with zero attached hydrogens (tertiary/aromatic N) is 2. The molecule has 1 aromatic heterocycles. The Hall–Kier alpha value is -0.796. The SMILES string of the molecule is Cc1cccc(C)c1CC(=O)C[n+]1cccn1C1CCC1.[Y]. The third kappa shape index (κ3) is 3.75. The molecule has 1 saturated carbocycles. The minimum absolute atomic E-state index is 0. The van der Waals surface area contributed by atoms with Gasteiger partial charge in [-0.1, -0.05) is 18.2 Å². The molecule has 1 aromatic carbocycles. The van der Waals surface area contributed by atoms with Crippen molar-refractivity contribution in [1.82, 2.24) is 4.68 Å². The van der Waals surface area contributed by atoms with Gasteiger partial charge >= 0.3 is 0 Å². The van der Waals surface area contributed by atoms with Crippen molar-refractivity contribution < 1.29 is 42.2 Å². The molecule has 1 fully saturated rings. The third-order valence-corrected chi connectivity index (χ3v) is 4.60. The van der Waals surface area contributed by atoms with E-state index in [2.05, 4.69) is 47.6 Å². The Bertz CT molecular complexity index is 639. The molecule has 3 nitrogen and oxygen atoms in total. The van der Waals surface area contributed by atoms with Gasteiger partial charge in [-0.05, 0) is 49.8 Å². The van der Waals surface area contributed by atoms with E-state index < -0.39 is 0 Å². The summed E-state index contributed by atoms with van der Waals surface area (Å²) >= 11 is 0. The molecule has 0 N–H and O–H groups in total. The van der Waals surface area contributed by atoms with E-state index >= 15 is 0 Å². The predicted octanol–water partition coefficient (Wildman–Crippen LogP) is 2.93. The Morgan fingerprint density at radius 3 is 2.50 bits per heavy atom. The van der Waals surface area contributed by atoms with Gasteiger partial charge in [-0.3, -0.25) is 4.79 Å². The van der Waals surface area contributed by atoms with Crippen LogP contribution in [0.3, 0.4) is 0 Å². The van der Waals surface area contributed by atoms with Crippen molar-refractivity contribution in [3.05, 3.63) is 53.3 Å². The molecule has 0 bridgehead atoms. The van der Waals surface area contributed by atoms with E-state index in [9.17, 15) is 4.79 Å². The quantitative estimate of drug-likeness (QED) is 0.742. The summed E-state index contributed by atoms with van der Waals surface area (Å²) < 4.78 is 4.30. The minimum Gasteiger partial charge on any atom is -0.292 e. The summed E-state index contributed by atoms with van der Waals surface area (Å²) in [5.74, 6) is 0.275. The van der Waals surface area contributed by atoms with Crippen LogP contribution in [0.2, 0.25) is 0 Å². The van der Waals surface area contributed by atoms with Crippen molar-refractivity contribution in [2.24, 2.45) is 0 Å². The fourth-order valence-electron chi connectivity index (χ4n) is 3.07. The topological polar surface area (TPSA) is 25.9 Å². The second-order valence-corrected chi connectivity index (χ2v) is 6.14. The molecular weight excluding hydrogens is 349 g/mol. The fraction of sp³-hybridized carbons (Fsp3) is 0.444. The van der Waals surface area contributed by atoms with Gasteiger partial charge in [0.05, 0.1) is 12.2 Å². The zero-order valence-electron chi connectivity index (χ0n) is 13.5. The number of hydrogen-bond acceptors (Lipinski definition) is 1. The molecule has 0 unspecified atom stereocenters. The van der Waals surface area contributed by atoms with Crippen LogP contribution in [0.5, 0.6) is 0 Å². The molecule has 113 valence electrons. The van der Waals surface area contributed by atoms with Crippen LogP contribution in [-0.2, 0) is 50.5 Å². The van der Waals surface area contributed by atoms with Crippen molar-refractivity contribution >= 4 is 5.78 Å². The number of ketones is 1. The maximum atomic E-state index is 12.4. The second-order valence-electron chi connectivity index (χ2n) is 6.14. The Labute approximate surface area is 157 Å². The van der Waals surface area contributed by atoms with Gasteiger partial charge in [0, 0.05) is 45.2 Å². The largest absolute Gasteiger partial charge is 0.292 e. The summed E-state index contributed by atoms with van der Waals surface area (Å²) in [5, 5.41) is 0. The minimum atomic E-state index is 0. The smallest absolute Gasteiger partial charge is 0.230 e. The summed E-state index contributed by atoms with van der Waals surface area (Å²) in [5.41, 5.74) is 3.61. The molecular formula is C18H23N2OY+. The number of aryl methyl sites for hydroxylation is 2. The van der Waals surface area contributed by atoms with Gasteiger partial charge in [0.1, 0.15) is 0 Å². The van der Waals surface area contributed by atoms with Crippen LogP contribution in [0.1, 0.15) is 42.0 Å². The van der Waals surface area contributed by atoms with Crippen LogP contribution >= 0.6 is 0 Å². The van der Waals surface area contributed by atoms with Gasteiger partial charge in [0.15, 0.2) is 6.20 Å². The molecule has 0 saturated heterocycles. The molecule has 0 aliphatic heterocycles. The van der Waals surface area contributed by atoms with Gasteiger partial charge < -0.3 is 0 Å². The summed E-state index contributed by atoms with van der Waals surface area (Å²) in [6.45, 7) is 4.64. The number of carbonyl (C=O) groups excluding carboxylic acids is 1. The van der Waals surface area contributed by atoms with E-state index in [1.54, 1.807) is 0 Å². The summed E-state index contributed by atoms with van der Waals surface area (Å²) in [6.07, 6.45) is 8.41. The van der Waals surface area contributed by atoms with E-state index in [1.807, 2.05) is 12.3 Å². The molecule has 1 aliphatic rings. The Morgan fingerprint density at radius 2 is 1.91 bits per heavy atom. The van der Waals surface area contributed by atoms with Crippen LogP contribution in [0.25, 0.3) is 0 Å². The Kier molecular flexibility index (Phi) is 6.11. The van der Waals surface area contributed by atoms with E-state index in [-0.39, 0.29) is 38.5 Å². The van der Waals surface area contributed by atoms with E-state index in [1.165, 1.54) is 36.0 Å². The average Bonchev–Trinajstić information content (AvgIpc) is 2.80. The molecule has 4 heteroatoms. The number of hydrogen-bond donors (Lipinski definition) is 0. The van der Waals surface area contributed by atoms with Gasteiger partial charge in [-0.2, -0.15) is 4.68 Å². The molecule has 0 atom stereocenters. The Morgan fingerprint density at radius 1 is 1.23 bits per heavy atom. The normalized spacial score (nSPS) is 14.3. The van der Waals surface area contributed by atoms with Gasteiger partial charge in [0.2, 0.25) is 12.3 Å². The van der Waals surface area contributed by atoms with E-state index in [4.69, 9.17) is 0 Å². The number of rotatable bonds is 5.